The van der Waals surface area contributed by atoms with Gasteiger partial charge in [-0.1, -0.05) is 18.2 Å². The van der Waals surface area contributed by atoms with Gasteiger partial charge < -0.3 is 15.6 Å². The Morgan fingerprint density at radius 1 is 1.33 bits per heavy atom. The van der Waals surface area contributed by atoms with Crippen molar-refractivity contribution in [2.24, 2.45) is 0 Å². The molecule has 2 aromatic heterocycles. The van der Waals surface area contributed by atoms with Gasteiger partial charge in [-0.15, -0.1) is 11.3 Å². The van der Waals surface area contributed by atoms with Gasteiger partial charge in [-0.05, 0) is 30.5 Å². The van der Waals surface area contributed by atoms with Crippen LogP contribution in [0.15, 0.2) is 41.8 Å². The summed E-state index contributed by atoms with van der Waals surface area (Å²) in [5.74, 6) is 0.752. The van der Waals surface area contributed by atoms with Crippen LogP contribution in [0.1, 0.15) is 23.7 Å². The number of carbonyl (C=O) groups excluding carboxylic acids is 1. The fourth-order valence-corrected chi connectivity index (χ4v) is 2.72. The maximum Gasteiger partial charge on any atom is 0.315 e. The van der Waals surface area contributed by atoms with Crippen LogP contribution in [0.4, 0.5) is 4.79 Å². The number of aromatic amines is 1. The number of hydrogen-bond donors (Lipinski definition) is 3. The van der Waals surface area contributed by atoms with E-state index in [1.807, 2.05) is 48.7 Å². The van der Waals surface area contributed by atoms with Gasteiger partial charge in [-0.3, -0.25) is 0 Å². The zero-order chi connectivity index (χ0) is 14.7. The second-order valence-corrected chi connectivity index (χ2v) is 5.80. The number of imidazole rings is 1. The van der Waals surface area contributed by atoms with E-state index in [9.17, 15) is 4.79 Å². The number of nitrogens with zero attached hydrogens (tertiary/aromatic N) is 1. The van der Waals surface area contributed by atoms with E-state index in [2.05, 4.69) is 20.6 Å². The van der Waals surface area contributed by atoms with Gasteiger partial charge in [-0.25, -0.2) is 9.78 Å². The molecule has 21 heavy (non-hydrogen) atoms. The molecule has 1 aromatic carbocycles. The summed E-state index contributed by atoms with van der Waals surface area (Å²) in [7, 11) is 0. The van der Waals surface area contributed by atoms with Crippen molar-refractivity contribution in [3.63, 3.8) is 0 Å². The molecule has 0 aliphatic heterocycles. The summed E-state index contributed by atoms with van der Waals surface area (Å²) < 4.78 is 0. The van der Waals surface area contributed by atoms with E-state index in [1.165, 1.54) is 0 Å². The van der Waals surface area contributed by atoms with Gasteiger partial charge in [0.05, 0.1) is 23.6 Å². The maximum atomic E-state index is 11.9. The molecule has 3 aromatic rings. The maximum absolute atomic E-state index is 11.9. The van der Waals surface area contributed by atoms with Crippen LogP contribution >= 0.6 is 11.3 Å². The minimum absolute atomic E-state index is 0.180. The van der Waals surface area contributed by atoms with Crippen LogP contribution < -0.4 is 10.6 Å². The molecule has 1 unspecified atom stereocenters. The van der Waals surface area contributed by atoms with Crippen molar-refractivity contribution in [3.05, 3.63) is 52.5 Å². The van der Waals surface area contributed by atoms with Crippen molar-refractivity contribution in [2.75, 3.05) is 0 Å². The first kappa shape index (κ1) is 13.6. The number of hydrogen-bond acceptors (Lipinski definition) is 3. The normalized spacial score (nSPS) is 12.2. The topological polar surface area (TPSA) is 69.8 Å². The largest absolute Gasteiger partial charge is 0.340 e. The van der Waals surface area contributed by atoms with Gasteiger partial charge in [0.15, 0.2) is 0 Å². The lowest BCUT2D eigenvalue weighted by molar-refractivity contribution is 0.237. The van der Waals surface area contributed by atoms with Crippen molar-refractivity contribution in [3.8, 4) is 0 Å². The van der Waals surface area contributed by atoms with Gasteiger partial charge >= 0.3 is 6.03 Å². The summed E-state index contributed by atoms with van der Waals surface area (Å²) in [6.45, 7) is 2.44. The fraction of sp³-hybridized carbons (Fsp3) is 0.200. The third kappa shape index (κ3) is 3.22. The first-order valence-electron chi connectivity index (χ1n) is 6.74. The summed E-state index contributed by atoms with van der Waals surface area (Å²) in [5, 5.41) is 7.71. The number of thiophene rings is 1. The molecule has 2 amide bonds. The predicted molar refractivity (Wildman–Crippen MR) is 84.2 cm³/mol. The number of nitrogens with one attached hydrogen (secondary N) is 3. The molecule has 1 atom stereocenters. The lowest BCUT2D eigenvalue weighted by Crippen LogP contribution is -2.36. The number of para-hydroxylation sites is 2. The third-order valence-corrected chi connectivity index (χ3v) is 4.05. The summed E-state index contributed by atoms with van der Waals surface area (Å²) in [6.07, 6.45) is 0. The van der Waals surface area contributed by atoms with Gasteiger partial charge in [0.25, 0.3) is 0 Å². The Morgan fingerprint density at radius 3 is 2.95 bits per heavy atom. The van der Waals surface area contributed by atoms with Crippen molar-refractivity contribution in [1.82, 2.24) is 20.6 Å². The number of urea groups is 1. The molecule has 3 N–H and O–H groups in total. The van der Waals surface area contributed by atoms with Gasteiger partial charge in [0.1, 0.15) is 5.82 Å². The zero-order valence-corrected chi connectivity index (χ0v) is 12.4. The molecule has 5 nitrogen and oxygen atoms in total. The Kier molecular flexibility index (Phi) is 3.87. The number of fused-ring (bicyclic) bond motifs is 1. The molecule has 3 rings (SSSR count). The second kappa shape index (κ2) is 5.97. The highest BCUT2D eigenvalue weighted by Crippen LogP contribution is 2.15. The standard InChI is InChI=1S/C15H16N4OS/c1-10(14-18-12-6-2-3-7-13(12)19-14)17-15(20)16-9-11-5-4-8-21-11/h2-8,10H,9H2,1H3,(H,18,19)(H2,16,17,20). The molecule has 0 radical (unpaired) electrons. The van der Waals surface area contributed by atoms with Crippen molar-refractivity contribution < 1.29 is 4.79 Å². The molecule has 0 saturated carbocycles. The van der Waals surface area contributed by atoms with E-state index in [-0.39, 0.29) is 12.1 Å². The molecule has 0 saturated heterocycles. The van der Waals surface area contributed by atoms with Gasteiger partial charge in [-0.2, -0.15) is 0 Å². The molecule has 108 valence electrons. The Morgan fingerprint density at radius 2 is 2.19 bits per heavy atom. The number of H-pyrrole nitrogens is 1. The van der Waals surface area contributed by atoms with E-state index < -0.39 is 0 Å². The van der Waals surface area contributed by atoms with E-state index in [4.69, 9.17) is 0 Å². The van der Waals surface area contributed by atoms with Crippen LogP contribution in [-0.4, -0.2) is 16.0 Å². The molecule has 2 heterocycles. The van der Waals surface area contributed by atoms with Crippen molar-refractivity contribution >= 4 is 28.4 Å². The van der Waals surface area contributed by atoms with Gasteiger partial charge in [0.2, 0.25) is 0 Å². The number of rotatable bonds is 4. The Balaban J connectivity index is 1.60. The number of carbonyl (C=O) groups is 1. The van der Waals surface area contributed by atoms with E-state index in [0.29, 0.717) is 6.54 Å². The Hall–Kier alpha value is -2.34. The molecule has 0 fully saturated rings. The average Bonchev–Trinajstić information content (AvgIpc) is 3.14. The van der Waals surface area contributed by atoms with Crippen LogP contribution in [-0.2, 0) is 6.54 Å². The summed E-state index contributed by atoms with van der Waals surface area (Å²) >= 11 is 1.62. The molecule has 0 aliphatic rings. The van der Waals surface area contributed by atoms with Gasteiger partial charge in [0, 0.05) is 4.88 Å². The highest BCUT2D eigenvalue weighted by Gasteiger charge is 2.13. The SMILES string of the molecule is CC(NC(=O)NCc1cccs1)c1nc2ccccc2[nH]1. The smallest absolute Gasteiger partial charge is 0.315 e. The molecule has 6 heteroatoms. The first-order chi connectivity index (χ1) is 10.2. The first-order valence-corrected chi connectivity index (χ1v) is 7.62. The van der Waals surface area contributed by atoms with Crippen molar-refractivity contribution in [2.45, 2.75) is 19.5 Å². The Labute approximate surface area is 126 Å². The minimum Gasteiger partial charge on any atom is -0.340 e. The molecular formula is C15H16N4OS. The van der Waals surface area contributed by atoms with Crippen LogP contribution in [0.5, 0.6) is 0 Å². The van der Waals surface area contributed by atoms with Crippen LogP contribution in [0.25, 0.3) is 11.0 Å². The van der Waals surface area contributed by atoms with Crippen LogP contribution in [0.3, 0.4) is 0 Å². The molecular weight excluding hydrogens is 284 g/mol. The zero-order valence-electron chi connectivity index (χ0n) is 11.6. The molecule has 0 spiro atoms. The summed E-state index contributed by atoms with van der Waals surface area (Å²) in [4.78, 5) is 20.7. The lowest BCUT2D eigenvalue weighted by atomic mass is 10.3. The summed E-state index contributed by atoms with van der Waals surface area (Å²) in [6, 6.07) is 11.4. The fourth-order valence-electron chi connectivity index (χ4n) is 2.07. The predicted octanol–water partition coefficient (Wildman–Crippen LogP) is 3.18. The van der Waals surface area contributed by atoms with E-state index in [0.717, 1.165) is 21.7 Å². The van der Waals surface area contributed by atoms with E-state index in [1.54, 1.807) is 11.3 Å². The Bertz CT molecular complexity index is 702. The highest BCUT2D eigenvalue weighted by molar-refractivity contribution is 7.09. The third-order valence-electron chi connectivity index (χ3n) is 3.17. The average molecular weight is 300 g/mol. The minimum atomic E-state index is -0.198. The van der Waals surface area contributed by atoms with Crippen LogP contribution in [0.2, 0.25) is 0 Å². The molecule has 0 aliphatic carbocycles. The number of aromatic nitrogens is 2. The number of benzene rings is 1. The number of amides is 2. The van der Waals surface area contributed by atoms with Crippen LogP contribution in [0, 0.1) is 0 Å². The lowest BCUT2D eigenvalue weighted by Gasteiger charge is -2.12. The highest BCUT2D eigenvalue weighted by atomic mass is 32.1. The monoisotopic (exact) mass is 300 g/mol. The van der Waals surface area contributed by atoms with E-state index >= 15 is 0 Å². The molecule has 0 bridgehead atoms. The quantitative estimate of drug-likeness (QED) is 0.692. The van der Waals surface area contributed by atoms with Crippen molar-refractivity contribution in [1.29, 1.82) is 0 Å². The summed E-state index contributed by atoms with van der Waals surface area (Å²) in [5.41, 5.74) is 1.88. The second-order valence-electron chi connectivity index (χ2n) is 4.77.